The molecule has 0 aliphatic carbocycles. The van der Waals surface area contributed by atoms with Gasteiger partial charge in [0.15, 0.2) is 0 Å². The van der Waals surface area contributed by atoms with Crippen molar-refractivity contribution in [2.75, 3.05) is 40.9 Å². The van der Waals surface area contributed by atoms with Gasteiger partial charge in [0.1, 0.15) is 13.2 Å². The molecule has 9 heteroatoms. The van der Waals surface area contributed by atoms with Gasteiger partial charge in [-0.2, -0.15) is 0 Å². The van der Waals surface area contributed by atoms with E-state index >= 15 is 0 Å². The molecule has 0 rings (SSSR count). The van der Waals surface area contributed by atoms with Crippen molar-refractivity contribution in [3.05, 3.63) is 158 Å². The summed E-state index contributed by atoms with van der Waals surface area (Å²) in [5, 5.41) is 13.7. The summed E-state index contributed by atoms with van der Waals surface area (Å²) in [4.78, 5) is 23.1. The van der Waals surface area contributed by atoms with Gasteiger partial charge in [0, 0.05) is 6.42 Å². The largest absolute Gasteiger partial charge is 0.472 e. The number of unbranched alkanes of at least 4 members (excludes halogenated alkanes) is 4. The number of rotatable bonds is 41. The van der Waals surface area contributed by atoms with Crippen molar-refractivity contribution in [2.45, 2.75) is 148 Å². The van der Waals surface area contributed by atoms with E-state index in [9.17, 15) is 19.4 Å². The van der Waals surface area contributed by atoms with Crippen LogP contribution in [0.1, 0.15) is 136 Å². The van der Waals surface area contributed by atoms with Crippen LogP contribution in [0.5, 0.6) is 0 Å². The second-order valence-electron chi connectivity index (χ2n) is 16.7. The average Bonchev–Trinajstić information content (AvgIpc) is 3.26. The number of likely N-dealkylation sites (N-methyl/N-ethyl adjacent to an activating group) is 1. The minimum atomic E-state index is -4.37. The number of phosphoric ester groups is 1. The molecule has 8 nitrogen and oxygen atoms in total. The normalized spacial score (nSPS) is 15.5. The number of aliphatic hydroxyl groups excluding tert-OH is 1. The van der Waals surface area contributed by atoms with Crippen LogP contribution in [-0.2, 0) is 18.4 Å². The predicted molar refractivity (Wildman–Crippen MR) is 280 cm³/mol. The van der Waals surface area contributed by atoms with E-state index in [-0.39, 0.29) is 25.5 Å². The van der Waals surface area contributed by atoms with Gasteiger partial charge in [-0.25, -0.2) is 4.57 Å². The van der Waals surface area contributed by atoms with E-state index in [2.05, 4.69) is 165 Å². The first-order chi connectivity index (χ1) is 31.5. The lowest BCUT2D eigenvalue weighted by molar-refractivity contribution is -0.870. The Labute approximate surface area is 397 Å². The molecule has 0 fully saturated rings. The standard InChI is InChI=1S/C56H89N2O6P/c1-6-8-10-12-14-16-18-19-20-21-22-23-24-25-26-27-28-29-30-31-32-33-34-35-36-37-38-39-40-42-44-46-48-50-56(60)57-54(53-64-65(61,62)63-52-51-58(3,4)5)55(59)49-47-45-43-41-17-15-13-11-9-7-2/h8-11,14,16-17,19-20,22-23,25-26,28-29,31-32,34-35,37-38,40-42,47,49,54-55,59H,6-7,12-13,15,18,21,24,27,30,33,36,39,43-46,48,50-53H2,1-5H3,(H-,57,60,61,62)/p+1/b10-8-,11-9+,16-14-,20-19-,23-22-,26-25-,29-28-,32-31-,35-34-,38-37-,41-17+,42-40-,49-47+. The lowest BCUT2D eigenvalue weighted by atomic mass is 10.1. The molecule has 0 saturated heterocycles. The van der Waals surface area contributed by atoms with E-state index in [4.69, 9.17) is 9.05 Å². The lowest BCUT2D eigenvalue weighted by Crippen LogP contribution is -2.45. The highest BCUT2D eigenvalue weighted by Gasteiger charge is 2.27. The Morgan fingerprint density at radius 2 is 0.877 bits per heavy atom. The fourth-order valence-corrected chi connectivity index (χ4v) is 6.43. The number of nitrogens with zero attached hydrogens (tertiary/aromatic N) is 1. The molecule has 3 unspecified atom stereocenters. The van der Waals surface area contributed by atoms with Crippen LogP contribution in [0.3, 0.4) is 0 Å². The summed E-state index contributed by atoms with van der Waals surface area (Å²) in [7, 11) is 1.48. The van der Waals surface area contributed by atoms with Gasteiger partial charge in [-0.05, 0) is 116 Å². The summed E-state index contributed by atoms with van der Waals surface area (Å²) < 4.78 is 23.5. The summed E-state index contributed by atoms with van der Waals surface area (Å²) >= 11 is 0. The maximum absolute atomic E-state index is 12.9. The number of carbonyl (C=O) groups excluding carboxylic acids is 1. The number of allylic oxidation sites excluding steroid dienone is 25. The summed E-state index contributed by atoms with van der Waals surface area (Å²) in [6.45, 7) is 4.46. The fourth-order valence-electron chi connectivity index (χ4n) is 5.69. The molecule has 3 atom stereocenters. The number of hydrogen-bond acceptors (Lipinski definition) is 5. The van der Waals surface area contributed by atoms with Crippen LogP contribution in [0.4, 0.5) is 0 Å². The molecular formula is C56H90N2O6P+. The molecule has 0 aliphatic heterocycles. The van der Waals surface area contributed by atoms with Crippen molar-refractivity contribution >= 4 is 13.7 Å². The van der Waals surface area contributed by atoms with Crippen LogP contribution in [0.15, 0.2) is 158 Å². The van der Waals surface area contributed by atoms with Crippen molar-refractivity contribution in [3.8, 4) is 0 Å². The first kappa shape index (κ1) is 61.1. The lowest BCUT2D eigenvalue weighted by Gasteiger charge is -2.25. The van der Waals surface area contributed by atoms with Crippen LogP contribution in [-0.4, -0.2) is 73.4 Å². The van der Waals surface area contributed by atoms with Gasteiger partial charge in [-0.15, -0.1) is 0 Å². The highest BCUT2D eigenvalue weighted by Crippen LogP contribution is 2.43. The molecule has 0 aromatic heterocycles. The highest BCUT2D eigenvalue weighted by atomic mass is 31.2. The molecule has 0 aromatic carbocycles. The Balaban J connectivity index is 4.34. The molecule has 364 valence electrons. The van der Waals surface area contributed by atoms with Crippen molar-refractivity contribution in [3.63, 3.8) is 0 Å². The van der Waals surface area contributed by atoms with E-state index in [1.54, 1.807) is 6.08 Å². The van der Waals surface area contributed by atoms with Gasteiger partial charge in [0.05, 0.1) is 39.9 Å². The van der Waals surface area contributed by atoms with E-state index in [1.165, 1.54) is 0 Å². The van der Waals surface area contributed by atoms with Gasteiger partial charge >= 0.3 is 7.82 Å². The van der Waals surface area contributed by atoms with Gasteiger partial charge in [0.25, 0.3) is 0 Å². The van der Waals surface area contributed by atoms with Gasteiger partial charge < -0.3 is 19.8 Å². The third-order valence-corrected chi connectivity index (χ3v) is 10.5. The van der Waals surface area contributed by atoms with Crippen LogP contribution in [0.2, 0.25) is 0 Å². The summed E-state index contributed by atoms with van der Waals surface area (Å²) in [5.41, 5.74) is 0. The third-order valence-electron chi connectivity index (χ3n) is 9.47. The topological polar surface area (TPSA) is 105 Å². The minimum absolute atomic E-state index is 0.0347. The molecular weight excluding hydrogens is 828 g/mol. The molecule has 1 amide bonds. The monoisotopic (exact) mass is 918 g/mol. The Kier molecular flexibility index (Phi) is 42.6. The summed E-state index contributed by atoms with van der Waals surface area (Å²) in [5.74, 6) is -0.245. The number of nitrogens with one attached hydrogen (secondary N) is 1. The van der Waals surface area contributed by atoms with Gasteiger partial charge in [-0.1, -0.05) is 172 Å². The molecule has 0 spiro atoms. The minimum Gasteiger partial charge on any atom is -0.387 e. The Hall–Kier alpha value is -3.88. The Bertz CT molecular complexity index is 1600. The zero-order valence-electron chi connectivity index (χ0n) is 41.1. The van der Waals surface area contributed by atoms with Crippen molar-refractivity contribution in [2.24, 2.45) is 0 Å². The van der Waals surface area contributed by atoms with Crippen LogP contribution >= 0.6 is 7.82 Å². The van der Waals surface area contributed by atoms with E-state index in [0.29, 0.717) is 17.4 Å². The first-order valence-corrected chi connectivity index (χ1v) is 25.9. The molecule has 0 saturated carbocycles. The summed E-state index contributed by atoms with van der Waals surface area (Å²) in [6, 6.07) is -0.904. The molecule has 0 heterocycles. The van der Waals surface area contributed by atoms with Crippen LogP contribution in [0.25, 0.3) is 0 Å². The molecule has 0 radical (unpaired) electrons. The maximum atomic E-state index is 12.9. The molecule has 65 heavy (non-hydrogen) atoms. The number of phosphoric acid groups is 1. The van der Waals surface area contributed by atoms with Crippen molar-refractivity contribution < 1.29 is 32.9 Å². The van der Waals surface area contributed by atoms with Crippen molar-refractivity contribution in [1.82, 2.24) is 5.32 Å². The number of amides is 1. The van der Waals surface area contributed by atoms with Crippen LogP contribution in [0, 0.1) is 0 Å². The molecule has 0 bridgehead atoms. The highest BCUT2D eigenvalue weighted by molar-refractivity contribution is 7.47. The zero-order valence-corrected chi connectivity index (χ0v) is 42.0. The second-order valence-corrected chi connectivity index (χ2v) is 18.2. The SMILES string of the molecule is CC/C=C\C/C=C\C/C=C\C/C=C\C/C=C\C/C=C\C/C=C\C/C=C\C/C=C\C/C=C\CCCCC(=O)NC(COP(=O)(O)OCC[N+](C)(C)C)C(O)/C=C/CC/C=C/CC/C=C/CC. The first-order valence-electron chi connectivity index (χ1n) is 24.4. The molecule has 0 aromatic rings. The smallest absolute Gasteiger partial charge is 0.387 e. The quantitative estimate of drug-likeness (QED) is 0.0244. The second kappa shape index (κ2) is 45.3. The van der Waals surface area contributed by atoms with Crippen molar-refractivity contribution in [1.29, 1.82) is 0 Å². The Morgan fingerprint density at radius 3 is 1.29 bits per heavy atom. The molecule has 3 N–H and O–H groups in total. The number of aliphatic hydroxyl groups is 1. The average molecular weight is 918 g/mol. The maximum Gasteiger partial charge on any atom is 0.472 e. The third kappa shape index (κ3) is 47.9. The predicted octanol–water partition coefficient (Wildman–Crippen LogP) is 14.4. The van der Waals surface area contributed by atoms with Gasteiger partial charge in [-0.3, -0.25) is 13.8 Å². The summed E-state index contributed by atoms with van der Waals surface area (Å²) in [6.07, 6.45) is 72.1. The van der Waals surface area contributed by atoms with E-state index in [1.807, 2.05) is 27.2 Å². The van der Waals surface area contributed by atoms with Gasteiger partial charge in [0.2, 0.25) is 5.91 Å². The number of hydrogen-bond donors (Lipinski definition) is 3. The number of carbonyl (C=O) groups is 1. The van der Waals surface area contributed by atoms with Crippen LogP contribution < -0.4 is 5.32 Å². The fraction of sp³-hybridized carbons (Fsp3) is 0.518. The Morgan fingerprint density at radius 1 is 0.523 bits per heavy atom. The zero-order chi connectivity index (χ0) is 47.8. The van der Waals surface area contributed by atoms with E-state index in [0.717, 1.165) is 109 Å². The number of quaternary nitrogens is 1. The molecule has 0 aliphatic rings. The van der Waals surface area contributed by atoms with E-state index < -0.39 is 20.0 Å².